The lowest BCUT2D eigenvalue weighted by Crippen LogP contribution is -1.91. The zero-order valence-electron chi connectivity index (χ0n) is 17.5. The molecule has 0 unspecified atom stereocenters. The van der Waals surface area contributed by atoms with Crippen molar-refractivity contribution in [1.82, 2.24) is 9.97 Å². The fourth-order valence-corrected chi connectivity index (χ4v) is 4.46. The molecule has 0 aliphatic carbocycles. The molecule has 0 atom stereocenters. The van der Waals surface area contributed by atoms with Gasteiger partial charge in [0.25, 0.3) is 0 Å². The molecule has 2 heterocycles. The predicted molar refractivity (Wildman–Crippen MR) is 128 cm³/mol. The molecule has 0 amide bonds. The summed E-state index contributed by atoms with van der Waals surface area (Å²) < 4.78 is 6.09. The number of oxazole rings is 1. The summed E-state index contributed by atoms with van der Waals surface area (Å²) in [5, 5.41) is 2.35. The van der Waals surface area contributed by atoms with E-state index in [-0.39, 0.29) is 0 Å². The summed E-state index contributed by atoms with van der Waals surface area (Å²) in [6.45, 7) is 4.48. The Kier molecular flexibility index (Phi) is 3.97. The smallest absolute Gasteiger partial charge is 0.227 e. The van der Waals surface area contributed by atoms with Crippen molar-refractivity contribution >= 4 is 32.9 Å². The number of hydrogen-bond acceptors (Lipinski definition) is 2. The Labute approximate surface area is 180 Å². The van der Waals surface area contributed by atoms with E-state index in [0.717, 1.165) is 33.1 Å². The maximum atomic E-state index is 6.09. The van der Waals surface area contributed by atoms with E-state index in [0.29, 0.717) is 11.8 Å². The fourth-order valence-electron chi connectivity index (χ4n) is 4.46. The van der Waals surface area contributed by atoms with Crippen LogP contribution in [0.5, 0.6) is 0 Å². The predicted octanol–water partition coefficient (Wildman–Crippen LogP) is 7.92. The number of aromatic nitrogens is 2. The van der Waals surface area contributed by atoms with E-state index in [1.807, 2.05) is 30.3 Å². The molecule has 6 aromatic rings. The van der Waals surface area contributed by atoms with E-state index in [4.69, 9.17) is 9.40 Å². The van der Waals surface area contributed by atoms with Gasteiger partial charge in [0.2, 0.25) is 5.89 Å². The third kappa shape index (κ3) is 2.93. The van der Waals surface area contributed by atoms with Crippen molar-refractivity contribution in [1.29, 1.82) is 0 Å². The van der Waals surface area contributed by atoms with Crippen LogP contribution in [-0.2, 0) is 0 Å². The lowest BCUT2D eigenvalue weighted by Gasteiger charge is -2.12. The zero-order chi connectivity index (χ0) is 20.9. The molecule has 1 N–H and O–H groups in total. The van der Waals surface area contributed by atoms with Crippen molar-refractivity contribution in [2.24, 2.45) is 0 Å². The van der Waals surface area contributed by atoms with Crippen molar-refractivity contribution in [3.63, 3.8) is 0 Å². The van der Waals surface area contributed by atoms with Crippen LogP contribution in [0, 0.1) is 0 Å². The molecule has 0 aliphatic heterocycles. The van der Waals surface area contributed by atoms with Gasteiger partial charge in [0.1, 0.15) is 5.52 Å². The SMILES string of the molecule is CC(C)c1ccccc1-c1ccc2c(c1)[nH]c1cc3nc(-c4ccccc4)oc3cc12. The highest BCUT2D eigenvalue weighted by Gasteiger charge is 2.14. The molecule has 0 bridgehead atoms. The first-order valence-corrected chi connectivity index (χ1v) is 10.7. The molecular weight excluding hydrogens is 380 g/mol. The van der Waals surface area contributed by atoms with Gasteiger partial charge in [-0.3, -0.25) is 0 Å². The number of hydrogen-bond donors (Lipinski definition) is 1. The highest BCUT2D eigenvalue weighted by molar-refractivity contribution is 6.11. The molecule has 3 nitrogen and oxygen atoms in total. The summed E-state index contributed by atoms with van der Waals surface area (Å²) in [5.74, 6) is 1.13. The number of H-pyrrole nitrogens is 1. The maximum Gasteiger partial charge on any atom is 0.227 e. The van der Waals surface area contributed by atoms with Crippen LogP contribution < -0.4 is 0 Å². The molecule has 4 aromatic carbocycles. The van der Waals surface area contributed by atoms with Crippen LogP contribution in [0.4, 0.5) is 0 Å². The third-order valence-electron chi connectivity index (χ3n) is 6.02. The fraction of sp³-hybridized carbons (Fsp3) is 0.107. The van der Waals surface area contributed by atoms with Crippen molar-refractivity contribution in [2.75, 3.05) is 0 Å². The molecule has 3 heteroatoms. The molecule has 0 saturated carbocycles. The van der Waals surface area contributed by atoms with Gasteiger partial charge in [0, 0.05) is 27.4 Å². The minimum Gasteiger partial charge on any atom is -0.436 e. The minimum atomic E-state index is 0.478. The van der Waals surface area contributed by atoms with Crippen molar-refractivity contribution in [3.8, 4) is 22.6 Å². The van der Waals surface area contributed by atoms with Gasteiger partial charge in [-0.15, -0.1) is 0 Å². The Morgan fingerprint density at radius 3 is 2.35 bits per heavy atom. The van der Waals surface area contributed by atoms with Gasteiger partial charge in [0.05, 0.1) is 0 Å². The summed E-state index contributed by atoms with van der Waals surface area (Å²) in [5.41, 5.74) is 8.75. The number of rotatable bonds is 3. The second kappa shape index (κ2) is 6.85. The summed E-state index contributed by atoms with van der Waals surface area (Å²) in [7, 11) is 0. The van der Waals surface area contributed by atoms with Crippen molar-refractivity contribution < 1.29 is 4.42 Å². The van der Waals surface area contributed by atoms with Gasteiger partial charge in [-0.1, -0.05) is 68.4 Å². The number of aromatic amines is 1. The van der Waals surface area contributed by atoms with Gasteiger partial charge in [-0.2, -0.15) is 0 Å². The second-order valence-corrected chi connectivity index (χ2v) is 8.38. The molecule has 0 aliphatic rings. The number of nitrogens with one attached hydrogen (secondary N) is 1. The molecule has 0 radical (unpaired) electrons. The average Bonchev–Trinajstić information content (AvgIpc) is 3.38. The molecule has 0 spiro atoms. The molecule has 31 heavy (non-hydrogen) atoms. The van der Waals surface area contributed by atoms with E-state index in [1.165, 1.54) is 22.1 Å². The van der Waals surface area contributed by atoms with Crippen LogP contribution in [0.15, 0.2) is 89.3 Å². The van der Waals surface area contributed by atoms with E-state index in [2.05, 4.69) is 73.4 Å². The number of benzene rings is 4. The molecule has 0 fully saturated rings. The Bertz CT molecular complexity index is 1550. The van der Waals surface area contributed by atoms with E-state index in [1.54, 1.807) is 0 Å². The lowest BCUT2D eigenvalue weighted by molar-refractivity contribution is 0.620. The number of nitrogens with zero attached hydrogens (tertiary/aromatic N) is 1. The van der Waals surface area contributed by atoms with Gasteiger partial charge in [-0.25, -0.2) is 4.98 Å². The monoisotopic (exact) mass is 402 g/mol. The Morgan fingerprint density at radius 1 is 0.742 bits per heavy atom. The van der Waals surface area contributed by atoms with E-state index >= 15 is 0 Å². The Balaban J connectivity index is 1.50. The third-order valence-corrected chi connectivity index (χ3v) is 6.02. The maximum absolute atomic E-state index is 6.09. The van der Waals surface area contributed by atoms with Crippen molar-refractivity contribution in [3.05, 3.63) is 90.5 Å². The molecule has 6 rings (SSSR count). The molecule has 2 aromatic heterocycles. The summed E-state index contributed by atoms with van der Waals surface area (Å²) >= 11 is 0. The zero-order valence-corrected chi connectivity index (χ0v) is 17.5. The molecule has 150 valence electrons. The van der Waals surface area contributed by atoms with Crippen LogP contribution in [0.25, 0.3) is 55.5 Å². The Morgan fingerprint density at radius 2 is 1.52 bits per heavy atom. The first-order valence-electron chi connectivity index (χ1n) is 10.7. The van der Waals surface area contributed by atoms with Crippen LogP contribution in [-0.4, -0.2) is 9.97 Å². The largest absolute Gasteiger partial charge is 0.436 e. The van der Waals surface area contributed by atoms with Gasteiger partial charge in [0.15, 0.2) is 5.58 Å². The number of fused-ring (bicyclic) bond motifs is 4. The lowest BCUT2D eigenvalue weighted by atomic mass is 9.92. The van der Waals surface area contributed by atoms with Gasteiger partial charge in [-0.05, 0) is 52.9 Å². The van der Waals surface area contributed by atoms with Crippen LogP contribution in [0.2, 0.25) is 0 Å². The van der Waals surface area contributed by atoms with Crippen LogP contribution in [0.1, 0.15) is 25.3 Å². The van der Waals surface area contributed by atoms with E-state index < -0.39 is 0 Å². The van der Waals surface area contributed by atoms with Crippen LogP contribution >= 0.6 is 0 Å². The van der Waals surface area contributed by atoms with Crippen LogP contribution in [0.3, 0.4) is 0 Å². The summed E-state index contributed by atoms with van der Waals surface area (Å²) in [4.78, 5) is 8.31. The van der Waals surface area contributed by atoms with Gasteiger partial charge >= 0.3 is 0 Å². The summed E-state index contributed by atoms with van der Waals surface area (Å²) in [6, 6.07) is 29.5. The highest BCUT2D eigenvalue weighted by Crippen LogP contribution is 2.35. The summed E-state index contributed by atoms with van der Waals surface area (Å²) in [6.07, 6.45) is 0. The quantitative estimate of drug-likeness (QED) is 0.327. The van der Waals surface area contributed by atoms with E-state index in [9.17, 15) is 0 Å². The van der Waals surface area contributed by atoms with Crippen molar-refractivity contribution in [2.45, 2.75) is 19.8 Å². The standard InChI is InChI=1S/C28H22N2O/c1-17(2)20-10-6-7-11-21(20)19-12-13-22-23-15-27-26(16-25(23)29-24(22)14-19)30-28(31-27)18-8-4-3-5-9-18/h3-17,29H,1-2H3. The minimum absolute atomic E-state index is 0.478. The normalized spacial score (nSPS) is 11.8. The Hall–Kier alpha value is -3.85. The first kappa shape index (κ1) is 18.0. The average molecular weight is 402 g/mol. The topological polar surface area (TPSA) is 41.8 Å². The first-order chi connectivity index (χ1) is 15.2. The molecular formula is C28H22N2O. The molecule has 0 saturated heterocycles. The second-order valence-electron chi connectivity index (χ2n) is 8.38. The van der Waals surface area contributed by atoms with Gasteiger partial charge < -0.3 is 9.40 Å². The highest BCUT2D eigenvalue weighted by atomic mass is 16.3.